The smallest absolute Gasteiger partial charge is 0.338 e. The molecule has 0 aliphatic carbocycles. The molecule has 19 heavy (non-hydrogen) atoms. The first-order valence-electron chi connectivity index (χ1n) is 5.93. The highest BCUT2D eigenvalue weighted by Crippen LogP contribution is 2.12. The Morgan fingerprint density at radius 2 is 2.21 bits per heavy atom. The third-order valence-electron chi connectivity index (χ3n) is 2.96. The van der Waals surface area contributed by atoms with Crippen LogP contribution in [-0.2, 0) is 0 Å². The first-order valence-corrected chi connectivity index (χ1v) is 7.32. The highest BCUT2D eigenvalue weighted by molar-refractivity contribution is 7.98. The van der Waals surface area contributed by atoms with E-state index in [1.54, 1.807) is 23.7 Å². The van der Waals surface area contributed by atoms with E-state index in [4.69, 9.17) is 5.11 Å². The first kappa shape index (κ1) is 15.5. The summed E-state index contributed by atoms with van der Waals surface area (Å²) in [5, 5.41) is 9.06. The molecule has 0 aliphatic heterocycles. The summed E-state index contributed by atoms with van der Waals surface area (Å²) >= 11 is 1.72. The molecule has 104 valence electrons. The predicted molar refractivity (Wildman–Crippen MR) is 75.8 cm³/mol. The lowest BCUT2D eigenvalue weighted by Crippen LogP contribution is -2.36. The van der Waals surface area contributed by atoms with Gasteiger partial charge in [0.1, 0.15) is 5.69 Å². The molecule has 1 heterocycles. The molecule has 1 rings (SSSR count). The molecule has 6 heteroatoms. The topological polar surface area (TPSA) is 70.5 Å². The lowest BCUT2D eigenvalue weighted by atomic mass is 10.1. The van der Waals surface area contributed by atoms with Crippen molar-refractivity contribution in [1.29, 1.82) is 0 Å². The van der Waals surface area contributed by atoms with Crippen LogP contribution in [0.3, 0.4) is 0 Å². The number of hydrogen-bond acceptors (Lipinski definition) is 4. The van der Waals surface area contributed by atoms with Gasteiger partial charge in [0, 0.05) is 19.3 Å². The van der Waals surface area contributed by atoms with Crippen LogP contribution in [0.15, 0.2) is 18.3 Å². The maximum absolute atomic E-state index is 12.3. The van der Waals surface area contributed by atoms with Crippen molar-refractivity contribution < 1.29 is 14.7 Å². The number of carbonyl (C=O) groups excluding carboxylic acids is 1. The van der Waals surface area contributed by atoms with Crippen molar-refractivity contribution in [2.24, 2.45) is 0 Å². The van der Waals surface area contributed by atoms with E-state index in [1.165, 1.54) is 18.3 Å². The number of nitrogens with zero attached hydrogens (tertiary/aromatic N) is 2. The normalized spacial score (nSPS) is 11.9. The molecule has 1 N–H and O–H groups in total. The van der Waals surface area contributed by atoms with E-state index >= 15 is 0 Å². The van der Waals surface area contributed by atoms with Crippen molar-refractivity contribution in [2.75, 3.05) is 19.1 Å². The SMILES string of the molecule is CSCCC(C)N(C)C(=O)c1ncccc1C(=O)O. The van der Waals surface area contributed by atoms with E-state index in [9.17, 15) is 9.59 Å². The molecule has 0 aliphatic rings. The molecular formula is C13H18N2O3S. The van der Waals surface area contributed by atoms with Crippen LogP contribution in [0.4, 0.5) is 0 Å². The van der Waals surface area contributed by atoms with Gasteiger partial charge in [0.2, 0.25) is 0 Å². The fraction of sp³-hybridized carbons (Fsp3) is 0.462. The van der Waals surface area contributed by atoms with Gasteiger partial charge in [-0.05, 0) is 37.5 Å². The molecule has 1 atom stereocenters. The van der Waals surface area contributed by atoms with Gasteiger partial charge in [0.25, 0.3) is 5.91 Å². The molecule has 0 saturated heterocycles. The average Bonchev–Trinajstić information content (AvgIpc) is 2.42. The number of amides is 1. The quantitative estimate of drug-likeness (QED) is 0.864. The summed E-state index contributed by atoms with van der Waals surface area (Å²) in [4.78, 5) is 28.8. The summed E-state index contributed by atoms with van der Waals surface area (Å²) in [5.41, 5.74) is -0.0649. The predicted octanol–water partition coefficient (Wildman–Crippen LogP) is 1.99. The maximum atomic E-state index is 12.3. The van der Waals surface area contributed by atoms with Gasteiger partial charge >= 0.3 is 5.97 Å². The van der Waals surface area contributed by atoms with Crippen LogP contribution in [0, 0.1) is 0 Å². The van der Waals surface area contributed by atoms with Gasteiger partial charge in [-0.1, -0.05) is 0 Å². The minimum absolute atomic E-state index is 0.00602. The van der Waals surface area contributed by atoms with E-state index in [0.717, 1.165) is 12.2 Å². The minimum Gasteiger partial charge on any atom is -0.478 e. The van der Waals surface area contributed by atoms with Gasteiger partial charge in [-0.25, -0.2) is 4.79 Å². The zero-order chi connectivity index (χ0) is 14.4. The number of carboxylic acid groups (broad SMARTS) is 1. The second-order valence-electron chi connectivity index (χ2n) is 4.25. The minimum atomic E-state index is -1.14. The number of thioether (sulfide) groups is 1. The maximum Gasteiger partial charge on any atom is 0.338 e. The summed E-state index contributed by atoms with van der Waals surface area (Å²) in [5.74, 6) is -0.541. The number of hydrogen-bond donors (Lipinski definition) is 1. The summed E-state index contributed by atoms with van der Waals surface area (Å²) in [6.07, 6.45) is 4.30. The Kier molecular flexibility index (Phi) is 5.82. The Bertz CT molecular complexity index is 465. The number of rotatable bonds is 6. The average molecular weight is 282 g/mol. The molecule has 0 radical (unpaired) electrons. The largest absolute Gasteiger partial charge is 0.478 e. The van der Waals surface area contributed by atoms with Crippen LogP contribution in [0.1, 0.15) is 34.2 Å². The number of carboxylic acids is 1. The summed E-state index contributed by atoms with van der Waals surface area (Å²) in [6, 6.07) is 2.95. The highest BCUT2D eigenvalue weighted by Gasteiger charge is 2.23. The van der Waals surface area contributed by atoms with Crippen molar-refractivity contribution in [1.82, 2.24) is 9.88 Å². The lowest BCUT2D eigenvalue weighted by Gasteiger charge is -2.24. The van der Waals surface area contributed by atoms with Crippen LogP contribution in [0.25, 0.3) is 0 Å². The Morgan fingerprint density at radius 1 is 1.53 bits per heavy atom. The second kappa shape index (κ2) is 7.13. The van der Waals surface area contributed by atoms with E-state index < -0.39 is 5.97 Å². The summed E-state index contributed by atoms with van der Waals surface area (Å²) < 4.78 is 0. The molecule has 0 saturated carbocycles. The van der Waals surface area contributed by atoms with Crippen molar-refractivity contribution in [3.8, 4) is 0 Å². The standard InChI is InChI=1S/C13H18N2O3S/c1-9(6-8-19-3)15(2)12(16)11-10(13(17)18)5-4-7-14-11/h4-5,7,9H,6,8H2,1-3H3,(H,17,18). The Labute approximate surface area is 117 Å². The van der Waals surface area contributed by atoms with Crippen molar-refractivity contribution in [3.63, 3.8) is 0 Å². The molecule has 0 bridgehead atoms. The summed E-state index contributed by atoms with van der Waals surface area (Å²) in [7, 11) is 1.67. The van der Waals surface area contributed by atoms with Gasteiger partial charge in [0.05, 0.1) is 5.56 Å². The van der Waals surface area contributed by atoms with E-state index in [0.29, 0.717) is 0 Å². The number of aromatic nitrogens is 1. The third kappa shape index (κ3) is 3.96. The number of aromatic carboxylic acids is 1. The fourth-order valence-electron chi connectivity index (χ4n) is 1.60. The molecule has 1 unspecified atom stereocenters. The zero-order valence-electron chi connectivity index (χ0n) is 11.3. The van der Waals surface area contributed by atoms with E-state index in [1.807, 2.05) is 13.2 Å². The lowest BCUT2D eigenvalue weighted by molar-refractivity contribution is 0.0668. The monoisotopic (exact) mass is 282 g/mol. The zero-order valence-corrected chi connectivity index (χ0v) is 12.1. The molecule has 1 amide bonds. The summed E-state index contributed by atoms with van der Waals surface area (Å²) in [6.45, 7) is 1.94. The molecule has 1 aromatic rings. The van der Waals surface area contributed by atoms with Gasteiger partial charge in [-0.3, -0.25) is 9.78 Å². The van der Waals surface area contributed by atoms with Gasteiger partial charge in [-0.15, -0.1) is 0 Å². The molecule has 1 aromatic heterocycles. The molecule has 0 spiro atoms. The molecule has 5 nitrogen and oxygen atoms in total. The van der Waals surface area contributed by atoms with Crippen molar-refractivity contribution in [3.05, 3.63) is 29.6 Å². The number of carbonyl (C=O) groups is 2. The van der Waals surface area contributed by atoms with Crippen LogP contribution < -0.4 is 0 Å². The van der Waals surface area contributed by atoms with Gasteiger partial charge < -0.3 is 10.0 Å². The van der Waals surface area contributed by atoms with E-state index in [2.05, 4.69) is 4.98 Å². The number of pyridine rings is 1. The highest BCUT2D eigenvalue weighted by atomic mass is 32.2. The third-order valence-corrected chi connectivity index (χ3v) is 3.61. The Balaban J connectivity index is 2.91. The second-order valence-corrected chi connectivity index (χ2v) is 5.24. The van der Waals surface area contributed by atoms with Crippen molar-refractivity contribution in [2.45, 2.75) is 19.4 Å². The van der Waals surface area contributed by atoms with Crippen LogP contribution >= 0.6 is 11.8 Å². The van der Waals surface area contributed by atoms with E-state index in [-0.39, 0.29) is 23.2 Å². The van der Waals surface area contributed by atoms with Crippen LogP contribution in [0.2, 0.25) is 0 Å². The molecule has 0 fully saturated rings. The Morgan fingerprint density at radius 3 is 2.79 bits per heavy atom. The van der Waals surface area contributed by atoms with Crippen LogP contribution in [-0.4, -0.2) is 52.0 Å². The first-order chi connectivity index (χ1) is 8.99. The van der Waals surface area contributed by atoms with Gasteiger partial charge in [-0.2, -0.15) is 11.8 Å². The fourth-order valence-corrected chi connectivity index (χ4v) is 2.17. The van der Waals surface area contributed by atoms with Gasteiger partial charge in [0.15, 0.2) is 0 Å². The Hall–Kier alpha value is -1.56. The molecule has 0 aromatic carbocycles. The van der Waals surface area contributed by atoms with Crippen molar-refractivity contribution >= 4 is 23.6 Å². The van der Waals surface area contributed by atoms with Crippen LogP contribution in [0.5, 0.6) is 0 Å². The molecular weight excluding hydrogens is 264 g/mol.